The fourth-order valence-electron chi connectivity index (χ4n) is 3.17. The number of furan rings is 1. The number of hydrogen-bond donors (Lipinski definition) is 0. The summed E-state index contributed by atoms with van der Waals surface area (Å²) in [5, 5.41) is -0.0776. The number of benzene rings is 1. The van der Waals surface area contributed by atoms with Gasteiger partial charge in [-0.1, -0.05) is 29.8 Å². The van der Waals surface area contributed by atoms with Crippen molar-refractivity contribution in [3.8, 4) is 0 Å². The average Bonchev–Trinajstić information content (AvgIpc) is 3.26. The third-order valence-electron chi connectivity index (χ3n) is 4.59. The van der Waals surface area contributed by atoms with Crippen LogP contribution in [0.25, 0.3) is 0 Å². The van der Waals surface area contributed by atoms with Crippen molar-refractivity contribution < 1.29 is 14.0 Å². The van der Waals surface area contributed by atoms with Crippen LogP contribution in [0, 0.1) is 6.92 Å². The minimum Gasteiger partial charge on any atom is -0.459 e. The number of likely N-dealkylation sites (N-methyl/N-ethyl adjacent to an activating group) is 1. The molecular formula is C20H24N2O3S. The first-order valence-electron chi connectivity index (χ1n) is 8.86. The van der Waals surface area contributed by atoms with Gasteiger partial charge in [0, 0.05) is 19.6 Å². The van der Waals surface area contributed by atoms with E-state index >= 15 is 0 Å². The van der Waals surface area contributed by atoms with E-state index in [0.717, 1.165) is 5.56 Å². The van der Waals surface area contributed by atoms with Crippen molar-refractivity contribution in [2.24, 2.45) is 0 Å². The maximum absolute atomic E-state index is 12.7. The maximum Gasteiger partial charge on any atom is 0.289 e. The van der Waals surface area contributed by atoms with Crippen LogP contribution in [0.1, 0.15) is 40.9 Å². The molecule has 138 valence electrons. The lowest BCUT2D eigenvalue weighted by Crippen LogP contribution is -2.40. The molecule has 2 aromatic rings. The number of carbonyl (C=O) groups is 2. The van der Waals surface area contributed by atoms with Crippen molar-refractivity contribution in [3.63, 3.8) is 0 Å². The first-order chi connectivity index (χ1) is 12.5. The third-order valence-corrected chi connectivity index (χ3v) is 5.98. The van der Waals surface area contributed by atoms with Crippen molar-refractivity contribution in [1.29, 1.82) is 0 Å². The fraction of sp³-hybridized carbons (Fsp3) is 0.400. The molecule has 0 saturated carbocycles. The molecule has 1 saturated heterocycles. The Morgan fingerprint density at radius 3 is 2.77 bits per heavy atom. The second kappa shape index (κ2) is 7.99. The van der Waals surface area contributed by atoms with E-state index in [4.69, 9.17) is 4.42 Å². The van der Waals surface area contributed by atoms with Crippen LogP contribution in [0.2, 0.25) is 0 Å². The summed E-state index contributed by atoms with van der Waals surface area (Å²) in [7, 11) is 0. The van der Waals surface area contributed by atoms with Gasteiger partial charge in [-0.25, -0.2) is 0 Å². The Bertz CT molecular complexity index is 775. The largest absolute Gasteiger partial charge is 0.459 e. The molecule has 1 aliphatic heterocycles. The molecule has 1 aliphatic rings. The Labute approximate surface area is 158 Å². The quantitative estimate of drug-likeness (QED) is 0.776. The lowest BCUT2D eigenvalue weighted by atomic mass is 10.1. The van der Waals surface area contributed by atoms with Crippen LogP contribution >= 0.6 is 11.8 Å². The van der Waals surface area contributed by atoms with E-state index in [1.54, 1.807) is 28.8 Å². The Balaban J connectivity index is 1.73. The highest BCUT2D eigenvalue weighted by Gasteiger charge is 2.38. The summed E-state index contributed by atoms with van der Waals surface area (Å²) in [6, 6.07) is 11.6. The first-order valence-corrected chi connectivity index (χ1v) is 9.80. The number of thioether (sulfide) groups is 1. The minimum absolute atomic E-state index is 0.00480. The SMILES string of the molecule is CCN(CCN1C(=O)C(C)SC1c1cccc(C)c1)C(=O)c1ccco1. The van der Waals surface area contributed by atoms with Crippen LogP contribution in [-0.2, 0) is 4.79 Å². The summed E-state index contributed by atoms with van der Waals surface area (Å²) in [4.78, 5) is 28.8. The predicted octanol–water partition coefficient (Wildman–Crippen LogP) is 3.71. The highest BCUT2D eigenvalue weighted by Crippen LogP contribution is 2.42. The van der Waals surface area contributed by atoms with E-state index < -0.39 is 0 Å². The smallest absolute Gasteiger partial charge is 0.289 e. The van der Waals surface area contributed by atoms with Gasteiger partial charge in [-0.3, -0.25) is 9.59 Å². The molecule has 3 rings (SSSR count). The number of carbonyl (C=O) groups excluding carboxylic acids is 2. The number of nitrogens with zero attached hydrogens (tertiary/aromatic N) is 2. The molecule has 2 atom stereocenters. The first kappa shape index (κ1) is 18.6. The molecule has 2 heterocycles. The number of hydrogen-bond acceptors (Lipinski definition) is 4. The molecule has 2 amide bonds. The van der Waals surface area contributed by atoms with Gasteiger partial charge >= 0.3 is 0 Å². The summed E-state index contributed by atoms with van der Waals surface area (Å²) in [6.07, 6.45) is 1.50. The second-order valence-electron chi connectivity index (χ2n) is 6.44. The molecular weight excluding hydrogens is 348 g/mol. The van der Waals surface area contributed by atoms with E-state index in [9.17, 15) is 9.59 Å². The zero-order chi connectivity index (χ0) is 18.7. The highest BCUT2D eigenvalue weighted by atomic mass is 32.2. The highest BCUT2D eigenvalue weighted by molar-refractivity contribution is 8.01. The van der Waals surface area contributed by atoms with E-state index in [1.165, 1.54) is 11.8 Å². The van der Waals surface area contributed by atoms with E-state index in [0.29, 0.717) is 25.4 Å². The minimum atomic E-state index is -0.142. The summed E-state index contributed by atoms with van der Waals surface area (Å²) in [5.74, 6) is 0.317. The van der Waals surface area contributed by atoms with Gasteiger partial charge in [0.2, 0.25) is 5.91 Å². The molecule has 1 aromatic carbocycles. The lowest BCUT2D eigenvalue weighted by molar-refractivity contribution is -0.130. The van der Waals surface area contributed by atoms with Gasteiger partial charge < -0.3 is 14.2 Å². The molecule has 5 nitrogen and oxygen atoms in total. The molecule has 0 spiro atoms. The van der Waals surface area contributed by atoms with Crippen molar-refractivity contribution in [1.82, 2.24) is 9.80 Å². The van der Waals surface area contributed by atoms with Gasteiger partial charge in [-0.15, -0.1) is 11.8 Å². The maximum atomic E-state index is 12.7. The normalized spacial score (nSPS) is 19.8. The molecule has 1 fully saturated rings. The summed E-state index contributed by atoms with van der Waals surface area (Å²) < 4.78 is 5.22. The Hall–Kier alpha value is -2.21. The molecule has 0 radical (unpaired) electrons. The number of rotatable bonds is 6. The van der Waals surface area contributed by atoms with Gasteiger partial charge in [-0.2, -0.15) is 0 Å². The zero-order valence-corrected chi connectivity index (χ0v) is 16.2. The van der Waals surface area contributed by atoms with Crippen LogP contribution in [-0.4, -0.2) is 46.5 Å². The number of amides is 2. The number of aryl methyl sites for hydroxylation is 1. The zero-order valence-electron chi connectivity index (χ0n) is 15.3. The van der Waals surface area contributed by atoms with Crippen LogP contribution in [0.5, 0.6) is 0 Å². The van der Waals surface area contributed by atoms with Gasteiger partial charge in [0.05, 0.1) is 11.5 Å². The fourth-order valence-corrected chi connectivity index (χ4v) is 4.47. The van der Waals surface area contributed by atoms with Crippen molar-refractivity contribution >= 4 is 23.6 Å². The summed E-state index contributed by atoms with van der Waals surface area (Å²) in [6.45, 7) is 7.49. The van der Waals surface area contributed by atoms with Crippen molar-refractivity contribution in [2.75, 3.05) is 19.6 Å². The summed E-state index contributed by atoms with van der Waals surface area (Å²) in [5.41, 5.74) is 2.31. The van der Waals surface area contributed by atoms with Crippen LogP contribution in [0.3, 0.4) is 0 Å². The van der Waals surface area contributed by atoms with Crippen molar-refractivity contribution in [3.05, 3.63) is 59.5 Å². The van der Waals surface area contributed by atoms with Crippen molar-refractivity contribution in [2.45, 2.75) is 31.4 Å². The third kappa shape index (κ3) is 3.80. The van der Waals surface area contributed by atoms with Gasteiger partial charge in [0.15, 0.2) is 5.76 Å². The monoisotopic (exact) mass is 372 g/mol. The standard InChI is InChI=1S/C20H24N2O3S/c1-4-21(19(24)17-9-6-12-25-17)10-11-22-18(23)15(3)26-20(22)16-8-5-7-14(2)13-16/h5-9,12-13,15,20H,4,10-11H2,1-3H3. The van der Waals surface area contributed by atoms with Crippen LogP contribution in [0.15, 0.2) is 47.1 Å². The summed E-state index contributed by atoms with van der Waals surface area (Å²) >= 11 is 1.66. The Kier molecular flexibility index (Phi) is 5.71. The molecule has 6 heteroatoms. The molecule has 26 heavy (non-hydrogen) atoms. The van der Waals surface area contributed by atoms with Crippen LogP contribution in [0.4, 0.5) is 0 Å². The Morgan fingerprint density at radius 1 is 1.31 bits per heavy atom. The van der Waals surface area contributed by atoms with Gasteiger partial charge in [0.1, 0.15) is 5.37 Å². The molecule has 0 aliphatic carbocycles. The topological polar surface area (TPSA) is 53.8 Å². The van der Waals surface area contributed by atoms with Crippen LogP contribution < -0.4 is 0 Å². The molecule has 0 N–H and O–H groups in total. The average molecular weight is 372 g/mol. The van der Waals surface area contributed by atoms with Gasteiger partial charge in [0.25, 0.3) is 5.91 Å². The predicted molar refractivity (Wildman–Crippen MR) is 103 cm³/mol. The van der Waals surface area contributed by atoms with Gasteiger partial charge in [-0.05, 0) is 38.5 Å². The van der Waals surface area contributed by atoms with E-state index in [-0.39, 0.29) is 22.4 Å². The molecule has 1 aromatic heterocycles. The Morgan fingerprint density at radius 2 is 2.12 bits per heavy atom. The lowest BCUT2D eigenvalue weighted by Gasteiger charge is -2.28. The van der Waals surface area contributed by atoms with E-state index in [1.807, 2.05) is 24.8 Å². The molecule has 0 bridgehead atoms. The second-order valence-corrected chi connectivity index (χ2v) is 7.86. The molecule has 2 unspecified atom stereocenters. The van der Waals surface area contributed by atoms with E-state index in [2.05, 4.69) is 25.1 Å².